The zero-order valence-electron chi connectivity index (χ0n) is 10.3. The number of benzene rings is 2. The van der Waals surface area contributed by atoms with Crippen molar-refractivity contribution in [3.05, 3.63) is 66.7 Å². The van der Waals surface area contributed by atoms with E-state index in [0.29, 0.717) is 5.57 Å². The van der Waals surface area contributed by atoms with Crippen molar-refractivity contribution in [3.8, 4) is 11.1 Å². The van der Waals surface area contributed by atoms with E-state index in [-0.39, 0.29) is 5.91 Å². The van der Waals surface area contributed by atoms with E-state index < -0.39 is 0 Å². The zero-order valence-corrected chi connectivity index (χ0v) is 10.3. The first-order chi connectivity index (χ1) is 8.68. The van der Waals surface area contributed by atoms with Gasteiger partial charge < -0.3 is 5.32 Å². The van der Waals surface area contributed by atoms with Gasteiger partial charge in [0.25, 0.3) is 5.91 Å². The fraction of sp³-hybridized carbons (Fsp3) is 0.0625. The largest absolute Gasteiger partial charge is 0.322 e. The Labute approximate surface area is 107 Å². The number of hydrogen-bond acceptors (Lipinski definition) is 1. The summed E-state index contributed by atoms with van der Waals surface area (Å²) in [6, 6.07) is 17.7. The maximum atomic E-state index is 11.7. The van der Waals surface area contributed by atoms with Crippen molar-refractivity contribution >= 4 is 11.6 Å². The molecule has 0 atom stereocenters. The molecule has 2 rings (SSSR count). The monoisotopic (exact) mass is 237 g/mol. The third-order valence-corrected chi connectivity index (χ3v) is 2.65. The molecule has 1 amide bonds. The maximum Gasteiger partial charge on any atom is 0.250 e. The molecule has 0 saturated carbocycles. The van der Waals surface area contributed by atoms with Crippen molar-refractivity contribution in [1.29, 1.82) is 0 Å². The molecule has 0 aromatic heterocycles. The van der Waals surface area contributed by atoms with Gasteiger partial charge in [-0.05, 0) is 18.6 Å². The smallest absolute Gasteiger partial charge is 0.250 e. The quantitative estimate of drug-likeness (QED) is 0.807. The molecule has 0 saturated heterocycles. The fourth-order valence-electron chi connectivity index (χ4n) is 1.69. The molecule has 90 valence electrons. The van der Waals surface area contributed by atoms with Crippen molar-refractivity contribution in [3.63, 3.8) is 0 Å². The van der Waals surface area contributed by atoms with Crippen LogP contribution in [0.5, 0.6) is 0 Å². The summed E-state index contributed by atoms with van der Waals surface area (Å²) in [6.07, 6.45) is 0. The second kappa shape index (κ2) is 5.32. The SMILES string of the molecule is C=C(C)C(=O)Nc1ccccc1-c1ccccc1. The second-order valence-corrected chi connectivity index (χ2v) is 4.15. The van der Waals surface area contributed by atoms with Gasteiger partial charge in [0.05, 0.1) is 0 Å². The molecule has 2 aromatic carbocycles. The van der Waals surface area contributed by atoms with Gasteiger partial charge in [0, 0.05) is 16.8 Å². The molecule has 2 heteroatoms. The molecule has 0 aliphatic heterocycles. The average molecular weight is 237 g/mol. The lowest BCUT2D eigenvalue weighted by molar-refractivity contribution is -0.112. The van der Waals surface area contributed by atoms with E-state index in [0.717, 1.165) is 16.8 Å². The molecular weight excluding hydrogens is 222 g/mol. The van der Waals surface area contributed by atoms with Gasteiger partial charge in [0.1, 0.15) is 0 Å². The van der Waals surface area contributed by atoms with Crippen LogP contribution in [0.1, 0.15) is 6.92 Å². The Hall–Kier alpha value is -2.35. The van der Waals surface area contributed by atoms with Crippen molar-refractivity contribution in [2.75, 3.05) is 5.32 Å². The Balaban J connectivity index is 2.38. The summed E-state index contributed by atoms with van der Waals surface area (Å²) in [5.74, 6) is -0.154. The van der Waals surface area contributed by atoms with Gasteiger partial charge in [0.2, 0.25) is 0 Å². The van der Waals surface area contributed by atoms with Crippen LogP contribution in [0.25, 0.3) is 11.1 Å². The van der Waals surface area contributed by atoms with Gasteiger partial charge in [-0.25, -0.2) is 0 Å². The minimum atomic E-state index is -0.154. The average Bonchev–Trinajstić information content (AvgIpc) is 2.40. The molecule has 0 aliphatic rings. The summed E-state index contributed by atoms with van der Waals surface area (Å²) in [7, 11) is 0. The third kappa shape index (κ3) is 2.66. The van der Waals surface area contributed by atoms with Crippen LogP contribution in [0.4, 0.5) is 5.69 Å². The first-order valence-corrected chi connectivity index (χ1v) is 5.80. The summed E-state index contributed by atoms with van der Waals surface area (Å²) in [4.78, 5) is 11.7. The highest BCUT2D eigenvalue weighted by atomic mass is 16.1. The zero-order chi connectivity index (χ0) is 13.0. The van der Waals surface area contributed by atoms with E-state index in [1.54, 1.807) is 6.92 Å². The van der Waals surface area contributed by atoms with E-state index in [1.807, 2.05) is 54.6 Å². The van der Waals surface area contributed by atoms with Crippen LogP contribution in [0.3, 0.4) is 0 Å². The normalized spacial score (nSPS) is 9.83. The van der Waals surface area contributed by atoms with Crippen LogP contribution in [0.15, 0.2) is 66.7 Å². The van der Waals surface area contributed by atoms with Crippen LogP contribution >= 0.6 is 0 Å². The number of nitrogens with one attached hydrogen (secondary N) is 1. The summed E-state index contributed by atoms with van der Waals surface area (Å²) < 4.78 is 0. The molecule has 1 N–H and O–H groups in total. The van der Waals surface area contributed by atoms with Crippen molar-refractivity contribution in [2.45, 2.75) is 6.92 Å². The molecule has 0 radical (unpaired) electrons. The molecule has 0 spiro atoms. The van der Waals surface area contributed by atoms with E-state index in [1.165, 1.54) is 0 Å². The lowest BCUT2D eigenvalue weighted by atomic mass is 10.0. The van der Waals surface area contributed by atoms with Crippen molar-refractivity contribution < 1.29 is 4.79 Å². The number of para-hydroxylation sites is 1. The lowest BCUT2D eigenvalue weighted by Gasteiger charge is -2.11. The summed E-state index contributed by atoms with van der Waals surface area (Å²) in [5, 5.41) is 2.87. The predicted octanol–water partition coefficient (Wildman–Crippen LogP) is 3.87. The van der Waals surface area contributed by atoms with Gasteiger partial charge >= 0.3 is 0 Å². The van der Waals surface area contributed by atoms with Gasteiger partial charge in [-0.2, -0.15) is 0 Å². The molecule has 0 fully saturated rings. The highest BCUT2D eigenvalue weighted by Crippen LogP contribution is 2.27. The first kappa shape index (κ1) is 12.1. The molecule has 18 heavy (non-hydrogen) atoms. The van der Waals surface area contributed by atoms with Crippen LogP contribution in [-0.2, 0) is 4.79 Å². The Morgan fingerprint density at radius 1 is 1.00 bits per heavy atom. The number of carbonyl (C=O) groups excluding carboxylic acids is 1. The van der Waals surface area contributed by atoms with Crippen LogP contribution in [0.2, 0.25) is 0 Å². The minimum Gasteiger partial charge on any atom is -0.322 e. The molecular formula is C16H15NO. The third-order valence-electron chi connectivity index (χ3n) is 2.65. The van der Waals surface area contributed by atoms with Crippen molar-refractivity contribution in [1.82, 2.24) is 0 Å². The van der Waals surface area contributed by atoms with E-state index in [2.05, 4.69) is 11.9 Å². The Morgan fingerprint density at radius 2 is 1.61 bits per heavy atom. The van der Waals surface area contributed by atoms with Gasteiger partial charge in [-0.15, -0.1) is 0 Å². The summed E-state index contributed by atoms with van der Waals surface area (Å²) in [6.45, 7) is 5.34. The molecule has 0 aliphatic carbocycles. The number of anilines is 1. The molecule has 0 heterocycles. The Bertz CT molecular complexity index is 573. The molecule has 0 unspecified atom stereocenters. The molecule has 2 nitrogen and oxygen atoms in total. The van der Waals surface area contributed by atoms with Gasteiger partial charge in [-0.3, -0.25) is 4.79 Å². The summed E-state index contributed by atoms with van der Waals surface area (Å²) in [5.41, 5.74) is 3.39. The first-order valence-electron chi connectivity index (χ1n) is 5.80. The number of carbonyl (C=O) groups is 1. The minimum absolute atomic E-state index is 0.154. The van der Waals surface area contributed by atoms with E-state index in [4.69, 9.17) is 0 Å². The van der Waals surface area contributed by atoms with E-state index in [9.17, 15) is 4.79 Å². The van der Waals surface area contributed by atoms with Gasteiger partial charge in [-0.1, -0.05) is 55.1 Å². The highest BCUT2D eigenvalue weighted by molar-refractivity contribution is 6.05. The fourth-order valence-corrected chi connectivity index (χ4v) is 1.69. The predicted molar refractivity (Wildman–Crippen MR) is 75.3 cm³/mol. The standard InChI is InChI=1S/C16H15NO/c1-12(2)16(18)17-15-11-7-6-10-14(15)13-8-4-3-5-9-13/h3-11H,1H2,2H3,(H,17,18). The molecule has 0 bridgehead atoms. The van der Waals surface area contributed by atoms with Gasteiger partial charge in [0.15, 0.2) is 0 Å². The Morgan fingerprint density at radius 3 is 2.28 bits per heavy atom. The lowest BCUT2D eigenvalue weighted by Crippen LogP contribution is -2.12. The maximum absolute atomic E-state index is 11.7. The highest BCUT2D eigenvalue weighted by Gasteiger charge is 2.07. The van der Waals surface area contributed by atoms with Crippen LogP contribution < -0.4 is 5.32 Å². The molecule has 2 aromatic rings. The number of amides is 1. The number of rotatable bonds is 3. The number of hydrogen-bond donors (Lipinski definition) is 1. The second-order valence-electron chi connectivity index (χ2n) is 4.15. The van der Waals surface area contributed by atoms with E-state index >= 15 is 0 Å². The van der Waals surface area contributed by atoms with Crippen molar-refractivity contribution in [2.24, 2.45) is 0 Å². The van der Waals surface area contributed by atoms with Crippen LogP contribution in [0, 0.1) is 0 Å². The topological polar surface area (TPSA) is 29.1 Å². The van der Waals surface area contributed by atoms with Crippen LogP contribution in [-0.4, -0.2) is 5.91 Å². The Kier molecular flexibility index (Phi) is 3.58. The summed E-state index contributed by atoms with van der Waals surface area (Å²) >= 11 is 0.